The molecule has 3 N–H and O–H groups in total. The molecular weight excluding hydrogens is 833 g/mol. The number of aliphatic hydroxyl groups is 3. The van der Waals surface area contributed by atoms with Crippen LogP contribution in [0.2, 0.25) is 0 Å². The molecule has 0 aromatic heterocycles. The number of esters is 1. The van der Waals surface area contributed by atoms with Gasteiger partial charge in [-0.2, -0.15) is 0 Å². The topological polar surface area (TPSA) is 133 Å². The molecule has 10 nitrogen and oxygen atoms in total. The van der Waals surface area contributed by atoms with Gasteiger partial charge in [-0.1, -0.05) is 70.4 Å². The summed E-state index contributed by atoms with van der Waals surface area (Å²) in [4.78, 5) is 13.0. The summed E-state index contributed by atoms with van der Waals surface area (Å²) in [5.41, 5.74) is -5.95. The molecule has 0 aromatic carbocycles. The van der Waals surface area contributed by atoms with E-state index in [0.717, 1.165) is 25.7 Å². The molecule has 66 heavy (non-hydrogen) atoms. The molecule has 392 valence electrons. The molecule has 10 heteroatoms. The molecule has 0 aliphatic carbocycles. The van der Waals surface area contributed by atoms with Crippen LogP contribution in [0, 0.1) is 17.8 Å². The maximum absolute atomic E-state index is 13.0. The van der Waals surface area contributed by atoms with Crippen molar-refractivity contribution >= 4 is 5.97 Å². The van der Waals surface area contributed by atoms with E-state index in [1.54, 1.807) is 41.5 Å². The number of hydrogen-bond acceptors (Lipinski definition) is 10. The van der Waals surface area contributed by atoms with Crippen molar-refractivity contribution in [2.75, 3.05) is 33.0 Å². The molecule has 1 fully saturated rings. The predicted molar refractivity (Wildman–Crippen MR) is 272 cm³/mol. The summed E-state index contributed by atoms with van der Waals surface area (Å²) in [7, 11) is 0. The average molecular weight is 941 g/mol. The largest absolute Gasteiger partial charge is 0.460 e. The minimum Gasteiger partial charge on any atom is -0.460 e. The van der Waals surface area contributed by atoms with E-state index in [2.05, 4.69) is 74.5 Å². The normalized spacial score (nSPS) is 19.0. The van der Waals surface area contributed by atoms with Crippen molar-refractivity contribution in [2.24, 2.45) is 17.8 Å². The molecule has 1 heterocycles. The van der Waals surface area contributed by atoms with Gasteiger partial charge in [0.05, 0.1) is 78.3 Å². The molecule has 1 saturated heterocycles. The lowest BCUT2D eigenvalue weighted by molar-refractivity contribution is -0.175. The molecular formula is C56H108O10. The Kier molecular flexibility index (Phi) is 27.3. The Labute approximate surface area is 406 Å². The van der Waals surface area contributed by atoms with Crippen LogP contribution in [-0.4, -0.2) is 105 Å². The van der Waals surface area contributed by atoms with Crippen molar-refractivity contribution in [3.05, 3.63) is 12.2 Å². The van der Waals surface area contributed by atoms with Crippen molar-refractivity contribution in [2.45, 2.75) is 291 Å². The summed E-state index contributed by atoms with van der Waals surface area (Å²) in [5.74, 6) is -0.581. The molecule has 0 aromatic rings. The predicted octanol–water partition coefficient (Wildman–Crippen LogP) is 13.0. The van der Waals surface area contributed by atoms with Crippen LogP contribution in [0.25, 0.3) is 0 Å². The van der Waals surface area contributed by atoms with Crippen molar-refractivity contribution in [1.82, 2.24) is 0 Å². The lowest BCUT2D eigenvalue weighted by atomic mass is 9.65. The summed E-state index contributed by atoms with van der Waals surface area (Å²) in [6, 6.07) is 0. The van der Waals surface area contributed by atoms with Gasteiger partial charge in [0.2, 0.25) is 0 Å². The number of carbonyl (C=O) groups is 1. The van der Waals surface area contributed by atoms with E-state index in [-0.39, 0.29) is 29.8 Å². The Bertz CT molecular complexity index is 1330. The molecule has 0 bridgehead atoms. The van der Waals surface area contributed by atoms with Crippen LogP contribution in [-0.2, 0) is 33.2 Å². The summed E-state index contributed by atoms with van der Waals surface area (Å²) in [5, 5.41) is 31.7. The fourth-order valence-corrected chi connectivity index (χ4v) is 9.20. The number of allylic oxidation sites excluding steroid dienone is 2. The SMILES string of the molecule is CCCCCCCC/C=C\CCCCCCCC(=O)OC(C)(C)CCOC(C)(C)CC(C1OCC(C(C)(C)OCCC(C)(C)O)C1C(C)(C)OCCC(C)(C)O)C(C)(C)OCCC(C)(C)O. The minimum absolute atomic E-state index is 0.0811. The molecule has 0 spiro atoms. The lowest BCUT2D eigenvalue weighted by Crippen LogP contribution is -2.55. The van der Waals surface area contributed by atoms with Gasteiger partial charge in [-0.05, 0) is 169 Å². The molecule has 1 aliphatic heterocycles. The Morgan fingerprint density at radius 3 is 1.50 bits per heavy atom. The van der Waals surface area contributed by atoms with Gasteiger partial charge in [-0.25, -0.2) is 0 Å². The van der Waals surface area contributed by atoms with Crippen LogP contribution >= 0.6 is 0 Å². The van der Waals surface area contributed by atoms with Crippen molar-refractivity contribution < 1.29 is 48.5 Å². The highest BCUT2D eigenvalue weighted by molar-refractivity contribution is 5.69. The van der Waals surface area contributed by atoms with Gasteiger partial charge in [-0.15, -0.1) is 0 Å². The Morgan fingerprint density at radius 1 is 0.561 bits per heavy atom. The molecule has 4 atom stereocenters. The molecule has 1 aliphatic rings. The zero-order valence-corrected chi connectivity index (χ0v) is 46.1. The highest BCUT2D eigenvalue weighted by atomic mass is 16.6. The zero-order valence-electron chi connectivity index (χ0n) is 46.1. The number of rotatable bonds is 38. The summed E-state index contributed by atoms with van der Waals surface area (Å²) >= 11 is 0. The van der Waals surface area contributed by atoms with Gasteiger partial charge in [0.15, 0.2) is 0 Å². The standard InChI is InChI=1S/C56H108O10/c1-18-19-20-21-22-23-24-25-26-27-28-29-30-31-32-33-46(57)66-52(8,9)37-41-62-53(10,11)42-44(54(12,13)63-38-34-49(2,3)58)48-47(56(16,17)65-40-36-51(6,7)60)45(43-61-48)55(14,15)64-39-35-50(4,5)59/h25-26,44-45,47-48,58-60H,18-24,27-43H2,1-17H3/b26-25-. The van der Waals surface area contributed by atoms with E-state index in [9.17, 15) is 20.1 Å². The van der Waals surface area contributed by atoms with Gasteiger partial charge < -0.3 is 43.7 Å². The van der Waals surface area contributed by atoms with Gasteiger partial charge in [-0.3, -0.25) is 4.79 Å². The first-order valence-electron chi connectivity index (χ1n) is 26.4. The summed E-state index contributed by atoms with van der Waals surface area (Å²) < 4.78 is 39.8. The second-order valence-corrected chi connectivity index (χ2v) is 24.7. The molecule has 1 rings (SSSR count). The second kappa shape index (κ2) is 28.7. The third-order valence-corrected chi connectivity index (χ3v) is 13.7. The molecule has 0 saturated carbocycles. The van der Waals surface area contributed by atoms with Gasteiger partial charge in [0.1, 0.15) is 5.60 Å². The Hall–Kier alpha value is -1.11. The van der Waals surface area contributed by atoms with Crippen LogP contribution in [0.4, 0.5) is 0 Å². The highest BCUT2D eigenvalue weighted by Crippen LogP contribution is 2.50. The number of ether oxygens (including phenoxy) is 6. The van der Waals surface area contributed by atoms with Crippen molar-refractivity contribution in [1.29, 1.82) is 0 Å². The maximum Gasteiger partial charge on any atom is 0.306 e. The van der Waals surface area contributed by atoms with E-state index >= 15 is 0 Å². The first kappa shape index (κ1) is 62.9. The first-order valence-corrected chi connectivity index (χ1v) is 26.4. The molecule has 0 radical (unpaired) electrons. The lowest BCUT2D eigenvalue weighted by Gasteiger charge is -2.48. The van der Waals surface area contributed by atoms with E-state index in [1.807, 2.05) is 13.8 Å². The maximum atomic E-state index is 13.0. The monoisotopic (exact) mass is 941 g/mol. The van der Waals surface area contributed by atoms with Gasteiger partial charge >= 0.3 is 5.97 Å². The van der Waals surface area contributed by atoms with Crippen LogP contribution in [0.15, 0.2) is 12.2 Å². The smallest absolute Gasteiger partial charge is 0.306 e. The highest BCUT2D eigenvalue weighted by Gasteiger charge is 2.58. The van der Waals surface area contributed by atoms with Crippen LogP contribution in [0.5, 0.6) is 0 Å². The number of carbonyl (C=O) groups excluding carboxylic acids is 1. The fourth-order valence-electron chi connectivity index (χ4n) is 9.20. The van der Waals surface area contributed by atoms with Crippen molar-refractivity contribution in [3.63, 3.8) is 0 Å². The van der Waals surface area contributed by atoms with E-state index in [4.69, 9.17) is 28.4 Å². The summed E-state index contributed by atoms with van der Waals surface area (Å²) in [6.45, 7) is 35.8. The van der Waals surface area contributed by atoms with Crippen LogP contribution in [0.3, 0.4) is 0 Å². The Balaban J connectivity index is 3.06. The Morgan fingerprint density at radius 2 is 1.00 bits per heavy atom. The van der Waals surface area contributed by atoms with Gasteiger partial charge in [0, 0.05) is 30.6 Å². The van der Waals surface area contributed by atoms with Gasteiger partial charge in [0.25, 0.3) is 0 Å². The average Bonchev–Trinajstić information content (AvgIpc) is 3.60. The van der Waals surface area contributed by atoms with E-state index in [1.165, 1.54) is 57.8 Å². The third kappa shape index (κ3) is 27.9. The second-order valence-electron chi connectivity index (χ2n) is 24.7. The fraction of sp³-hybridized carbons (Fsp3) is 0.946. The molecule has 4 unspecified atom stereocenters. The van der Waals surface area contributed by atoms with Crippen LogP contribution in [0.1, 0.15) is 240 Å². The summed E-state index contributed by atoms with van der Waals surface area (Å²) in [6.07, 6.45) is 23.2. The quantitative estimate of drug-likeness (QED) is 0.0312. The number of hydrogen-bond donors (Lipinski definition) is 3. The van der Waals surface area contributed by atoms with E-state index < -0.39 is 44.8 Å². The third-order valence-electron chi connectivity index (χ3n) is 13.7. The zero-order chi connectivity index (χ0) is 50.5. The van der Waals surface area contributed by atoms with Crippen LogP contribution < -0.4 is 0 Å². The van der Waals surface area contributed by atoms with Crippen molar-refractivity contribution in [3.8, 4) is 0 Å². The minimum atomic E-state index is -0.882. The van der Waals surface area contributed by atoms with E-state index in [0.29, 0.717) is 71.6 Å². The number of unbranched alkanes of at least 4 members (excludes halogenated alkanes) is 11. The first-order chi connectivity index (χ1) is 30.2. The molecule has 0 amide bonds.